The molecule has 1 heterocycles. The van der Waals surface area contributed by atoms with Gasteiger partial charge in [0.15, 0.2) is 6.10 Å². The molecule has 1 aliphatic heterocycles. The van der Waals surface area contributed by atoms with Crippen molar-refractivity contribution in [1.29, 1.82) is 0 Å². The van der Waals surface area contributed by atoms with E-state index in [2.05, 4.69) is 4.72 Å². The number of carboxylic acid groups (broad SMARTS) is 1. The predicted molar refractivity (Wildman–Crippen MR) is 41.6 cm³/mol. The molecule has 1 rings (SSSR count). The highest BCUT2D eigenvalue weighted by Gasteiger charge is 2.17. The van der Waals surface area contributed by atoms with Crippen molar-refractivity contribution in [2.75, 3.05) is 0 Å². The van der Waals surface area contributed by atoms with Crippen molar-refractivity contribution in [3.8, 4) is 0 Å². The van der Waals surface area contributed by atoms with Crippen LogP contribution in [-0.4, -0.2) is 22.3 Å². The van der Waals surface area contributed by atoms with Crippen molar-refractivity contribution in [3.05, 3.63) is 23.3 Å². The van der Waals surface area contributed by atoms with Gasteiger partial charge in [0, 0.05) is 11.8 Å². The molecule has 0 aromatic heterocycles. The molecule has 60 valence electrons. The third kappa shape index (κ3) is 1.99. The summed E-state index contributed by atoms with van der Waals surface area (Å²) in [5.74, 6) is -1.24. The zero-order chi connectivity index (χ0) is 8.27. The van der Waals surface area contributed by atoms with Crippen LogP contribution in [0.1, 0.15) is 0 Å². The van der Waals surface area contributed by atoms with Gasteiger partial charge in [-0.2, -0.15) is 0 Å². The normalized spacial score (nSPS) is 18.5. The number of hydrogen-bond donors (Lipinski definition) is 3. The maximum Gasteiger partial charge on any atom is 0.337 e. The molecule has 0 aromatic rings. The van der Waals surface area contributed by atoms with Crippen LogP contribution in [0.25, 0.3) is 0 Å². The Morgan fingerprint density at radius 1 is 1.73 bits per heavy atom. The zero-order valence-electron chi connectivity index (χ0n) is 5.52. The quantitative estimate of drug-likeness (QED) is 0.516. The van der Waals surface area contributed by atoms with Gasteiger partial charge >= 0.3 is 5.97 Å². The highest BCUT2D eigenvalue weighted by Crippen LogP contribution is 2.12. The van der Waals surface area contributed by atoms with Gasteiger partial charge in [0.1, 0.15) is 0 Å². The Morgan fingerprint density at radius 2 is 2.45 bits per heavy atom. The second-order valence-electron chi connectivity index (χ2n) is 1.92. The molecule has 0 saturated carbocycles. The van der Waals surface area contributed by atoms with Gasteiger partial charge in [-0.25, -0.2) is 4.79 Å². The van der Waals surface area contributed by atoms with Crippen LogP contribution < -0.4 is 4.72 Å². The molecule has 0 saturated heterocycles. The van der Waals surface area contributed by atoms with Crippen LogP contribution in [0, 0.1) is 0 Å². The highest BCUT2D eigenvalue weighted by atomic mass is 32.2. The maximum absolute atomic E-state index is 10.2. The van der Waals surface area contributed by atoms with E-state index in [1.54, 1.807) is 11.5 Å². The second-order valence-corrected chi connectivity index (χ2v) is 2.67. The molecular weight excluding hydrogens is 166 g/mol. The summed E-state index contributed by atoms with van der Waals surface area (Å²) >= 11 is 1.32. The Morgan fingerprint density at radius 3 is 2.91 bits per heavy atom. The van der Waals surface area contributed by atoms with Crippen LogP contribution in [0.3, 0.4) is 0 Å². The third-order valence-electron chi connectivity index (χ3n) is 1.17. The van der Waals surface area contributed by atoms with Crippen molar-refractivity contribution in [2.24, 2.45) is 0 Å². The maximum atomic E-state index is 10.2. The van der Waals surface area contributed by atoms with Crippen LogP contribution in [0.2, 0.25) is 0 Å². The van der Waals surface area contributed by atoms with E-state index in [-0.39, 0.29) is 0 Å². The largest absolute Gasteiger partial charge is 0.479 e. The first-order chi connectivity index (χ1) is 5.22. The molecular formula is C6H7NO3S. The molecule has 5 heteroatoms. The summed E-state index contributed by atoms with van der Waals surface area (Å²) in [4.78, 5) is 10.2. The Bertz CT molecular complexity index is 224. The standard InChI is InChI=1S/C6H7NO3S/c8-5(6(9)10)4-1-2-11-7-3-4/h1-3,5,7-8H,(H,9,10). The van der Waals surface area contributed by atoms with Crippen LogP contribution in [-0.2, 0) is 4.79 Å². The number of aliphatic hydroxyl groups is 1. The van der Waals surface area contributed by atoms with Crippen LogP contribution in [0.5, 0.6) is 0 Å². The zero-order valence-corrected chi connectivity index (χ0v) is 6.34. The average Bonchev–Trinajstić information content (AvgIpc) is 2.05. The number of nitrogens with one attached hydrogen (secondary N) is 1. The van der Waals surface area contributed by atoms with Gasteiger partial charge in [-0.3, -0.25) is 0 Å². The number of aliphatic carboxylic acids is 1. The SMILES string of the molecule is O=C(O)C(O)C1=CNSC=C1. The lowest BCUT2D eigenvalue weighted by Crippen LogP contribution is -2.22. The van der Waals surface area contributed by atoms with Crippen molar-refractivity contribution in [3.63, 3.8) is 0 Å². The van der Waals surface area contributed by atoms with Gasteiger partial charge in [0.25, 0.3) is 0 Å². The van der Waals surface area contributed by atoms with Crippen LogP contribution in [0.15, 0.2) is 23.3 Å². The molecule has 0 amide bonds. The monoisotopic (exact) mass is 173 g/mol. The lowest BCUT2D eigenvalue weighted by molar-refractivity contribution is -0.144. The van der Waals surface area contributed by atoms with E-state index < -0.39 is 12.1 Å². The number of aliphatic hydroxyl groups excluding tert-OH is 1. The second kappa shape index (κ2) is 3.45. The smallest absolute Gasteiger partial charge is 0.337 e. The first-order valence-electron chi connectivity index (χ1n) is 2.90. The number of carbonyl (C=O) groups is 1. The summed E-state index contributed by atoms with van der Waals surface area (Å²) in [7, 11) is 0. The molecule has 3 N–H and O–H groups in total. The Balaban J connectivity index is 2.66. The summed E-state index contributed by atoms with van der Waals surface area (Å²) in [5, 5.41) is 19.0. The summed E-state index contributed by atoms with van der Waals surface area (Å²) in [6, 6.07) is 0. The third-order valence-corrected chi connectivity index (χ3v) is 1.70. The summed E-state index contributed by atoms with van der Waals surface area (Å²) in [6.45, 7) is 0. The molecule has 0 fully saturated rings. The van der Waals surface area contributed by atoms with E-state index >= 15 is 0 Å². The van der Waals surface area contributed by atoms with E-state index in [0.717, 1.165) is 0 Å². The minimum atomic E-state index is -1.43. The highest BCUT2D eigenvalue weighted by molar-refractivity contribution is 8.00. The molecule has 0 aliphatic carbocycles. The summed E-state index contributed by atoms with van der Waals surface area (Å²) in [5.41, 5.74) is 0.358. The van der Waals surface area contributed by atoms with E-state index in [1.807, 2.05) is 0 Å². The van der Waals surface area contributed by atoms with Crippen LogP contribution >= 0.6 is 11.9 Å². The van der Waals surface area contributed by atoms with E-state index in [1.165, 1.54) is 18.1 Å². The fraction of sp³-hybridized carbons (Fsp3) is 0.167. The molecule has 1 aliphatic rings. The fourth-order valence-corrected chi connectivity index (χ4v) is 1.12. The molecule has 0 spiro atoms. The molecule has 1 atom stereocenters. The number of carboxylic acids is 1. The molecule has 4 nitrogen and oxygen atoms in total. The first-order valence-corrected chi connectivity index (χ1v) is 3.78. The number of hydrogen-bond acceptors (Lipinski definition) is 4. The van der Waals surface area contributed by atoms with Gasteiger partial charge < -0.3 is 14.9 Å². The fourth-order valence-electron chi connectivity index (χ4n) is 0.615. The minimum absolute atomic E-state index is 0.358. The van der Waals surface area contributed by atoms with Gasteiger partial charge in [-0.1, -0.05) is 0 Å². The summed E-state index contributed by atoms with van der Waals surface area (Å²) in [6.07, 6.45) is 1.59. The lowest BCUT2D eigenvalue weighted by atomic mass is 10.1. The molecule has 0 bridgehead atoms. The van der Waals surface area contributed by atoms with Gasteiger partial charge in [0.2, 0.25) is 0 Å². The average molecular weight is 173 g/mol. The molecule has 0 radical (unpaired) electrons. The predicted octanol–water partition coefficient (Wildman–Crippen LogP) is 0.0809. The molecule has 11 heavy (non-hydrogen) atoms. The van der Waals surface area contributed by atoms with Gasteiger partial charge in [-0.05, 0) is 23.4 Å². The first kappa shape index (κ1) is 8.16. The van der Waals surface area contributed by atoms with Crippen LogP contribution in [0.4, 0.5) is 0 Å². The Kier molecular flexibility index (Phi) is 2.56. The Hall–Kier alpha value is -0.940. The minimum Gasteiger partial charge on any atom is -0.479 e. The lowest BCUT2D eigenvalue weighted by Gasteiger charge is -2.09. The molecule has 0 aromatic carbocycles. The van der Waals surface area contributed by atoms with E-state index in [4.69, 9.17) is 10.2 Å². The number of rotatable bonds is 2. The topological polar surface area (TPSA) is 69.6 Å². The van der Waals surface area contributed by atoms with Crippen molar-refractivity contribution in [1.82, 2.24) is 4.72 Å². The molecule has 1 unspecified atom stereocenters. The van der Waals surface area contributed by atoms with Crippen molar-refractivity contribution < 1.29 is 15.0 Å². The van der Waals surface area contributed by atoms with Gasteiger partial charge in [-0.15, -0.1) is 0 Å². The Labute approximate surface area is 67.7 Å². The van der Waals surface area contributed by atoms with Crippen molar-refractivity contribution >= 4 is 17.9 Å². The van der Waals surface area contributed by atoms with E-state index in [0.29, 0.717) is 5.57 Å². The summed E-state index contributed by atoms with van der Waals surface area (Å²) < 4.78 is 2.72. The van der Waals surface area contributed by atoms with E-state index in [9.17, 15) is 4.79 Å². The van der Waals surface area contributed by atoms with Gasteiger partial charge in [0.05, 0.1) is 0 Å². The van der Waals surface area contributed by atoms with Crippen molar-refractivity contribution in [2.45, 2.75) is 6.10 Å².